The van der Waals surface area contributed by atoms with Gasteiger partial charge in [-0.05, 0) is 72.3 Å². The number of halogens is 1. The molecule has 0 bridgehead atoms. The number of piperidine rings is 1. The number of rotatable bonds is 10. The molecule has 9 nitrogen and oxygen atoms in total. The molecular weight excluding hydrogens is 656 g/mol. The molecule has 1 atom stereocenters. The Bertz CT molecular complexity index is 2020. The Balaban J connectivity index is 0.917. The summed E-state index contributed by atoms with van der Waals surface area (Å²) >= 11 is 0.954. The number of morpholine rings is 1. The van der Waals surface area contributed by atoms with Crippen LogP contribution >= 0.6 is 11.3 Å². The number of ether oxygens (including phenoxy) is 1. The molecule has 5 aromatic rings. The largest absolute Gasteiger partial charge is 0.506 e. The molecule has 2 aliphatic heterocycles. The lowest BCUT2D eigenvalue weighted by atomic mass is 9.88. The number of fused-ring (bicyclic) bond motifs is 1. The molecule has 0 aliphatic carbocycles. The minimum absolute atomic E-state index is 0.0301. The SMILES string of the molecule is O=C(c1ccccc1-c1ccccc1)N1CCOC2(CCN(Cc3cc(F)cc(CCNC[C@H](O)c4ccc(O)c5[nH]c(=O)sc45)c3)CC2)C1. The monoisotopic (exact) mass is 696 g/mol. The molecule has 0 saturated carbocycles. The quantitative estimate of drug-likeness (QED) is 0.143. The maximum Gasteiger partial charge on any atom is 0.305 e. The topological polar surface area (TPSA) is 118 Å². The van der Waals surface area contributed by atoms with Gasteiger partial charge in [-0.2, -0.15) is 0 Å². The van der Waals surface area contributed by atoms with Crippen LogP contribution in [0.15, 0.2) is 89.7 Å². The number of thiazole rings is 1. The number of carbonyl (C=O) groups is 1. The van der Waals surface area contributed by atoms with Crippen LogP contribution in [-0.2, 0) is 17.7 Å². The minimum Gasteiger partial charge on any atom is -0.506 e. The van der Waals surface area contributed by atoms with Gasteiger partial charge in [0.05, 0.1) is 29.6 Å². The zero-order valence-corrected chi connectivity index (χ0v) is 28.6. The summed E-state index contributed by atoms with van der Waals surface area (Å²) in [5.41, 5.74) is 4.94. The molecule has 0 radical (unpaired) electrons. The van der Waals surface area contributed by atoms with Crippen molar-refractivity contribution in [2.45, 2.75) is 37.5 Å². The second-order valence-corrected chi connectivity index (χ2v) is 14.3. The summed E-state index contributed by atoms with van der Waals surface area (Å²) in [4.78, 5) is 32.2. The third-order valence-electron chi connectivity index (χ3n) is 9.84. The number of aromatic nitrogens is 1. The number of aromatic amines is 1. The zero-order chi connectivity index (χ0) is 34.7. The highest BCUT2D eigenvalue weighted by atomic mass is 32.1. The number of aromatic hydroxyl groups is 1. The fraction of sp³-hybridized carbons (Fsp3) is 0.333. The first kappa shape index (κ1) is 34.1. The second kappa shape index (κ2) is 14.8. The number of nitrogens with one attached hydrogen (secondary N) is 2. The minimum atomic E-state index is -0.876. The molecule has 1 amide bonds. The van der Waals surface area contributed by atoms with Gasteiger partial charge < -0.3 is 30.2 Å². The molecule has 3 heterocycles. The molecule has 50 heavy (non-hydrogen) atoms. The standard InChI is InChI=1S/C39H41FN4O5S/c40-29-21-26(12-15-41-23-34(46)32-10-11-33(45)35-36(32)50-38(48)42-35)20-27(22-29)24-43-16-13-39(14-17-43)25-44(18-19-49-39)37(47)31-9-5-4-8-30(31)28-6-2-1-3-7-28/h1-11,20-22,34,41,45-46H,12-19,23-25H2,(H,42,48)/t34-/m0/s1. The number of hydrogen-bond acceptors (Lipinski definition) is 8. The van der Waals surface area contributed by atoms with E-state index in [1.807, 2.05) is 65.6 Å². The predicted molar refractivity (Wildman–Crippen MR) is 193 cm³/mol. The van der Waals surface area contributed by atoms with Gasteiger partial charge in [-0.3, -0.25) is 14.5 Å². The van der Waals surface area contributed by atoms with Gasteiger partial charge in [0, 0.05) is 43.9 Å². The van der Waals surface area contributed by atoms with Gasteiger partial charge in [0.15, 0.2) is 0 Å². The van der Waals surface area contributed by atoms with Crippen molar-refractivity contribution in [3.63, 3.8) is 0 Å². The van der Waals surface area contributed by atoms with E-state index in [-0.39, 0.29) is 34.5 Å². The molecule has 260 valence electrons. The maximum absolute atomic E-state index is 14.7. The fourth-order valence-corrected chi connectivity index (χ4v) is 8.16. The highest BCUT2D eigenvalue weighted by Crippen LogP contribution is 2.34. The fourth-order valence-electron chi connectivity index (χ4n) is 7.24. The van der Waals surface area contributed by atoms with Gasteiger partial charge in [0.1, 0.15) is 17.1 Å². The van der Waals surface area contributed by atoms with Crippen molar-refractivity contribution in [2.24, 2.45) is 0 Å². The Labute approximate surface area is 294 Å². The van der Waals surface area contributed by atoms with Crippen LogP contribution in [-0.4, -0.2) is 82.4 Å². The summed E-state index contributed by atoms with van der Waals surface area (Å²) in [5, 5.41) is 24.0. The first-order valence-corrected chi connectivity index (χ1v) is 17.9. The van der Waals surface area contributed by atoms with E-state index >= 15 is 0 Å². The number of hydrogen-bond donors (Lipinski definition) is 4. The average Bonchev–Trinajstić information content (AvgIpc) is 3.53. The van der Waals surface area contributed by atoms with E-state index in [0.29, 0.717) is 60.6 Å². The van der Waals surface area contributed by atoms with E-state index in [0.717, 1.165) is 59.5 Å². The van der Waals surface area contributed by atoms with Crippen molar-refractivity contribution in [1.82, 2.24) is 20.1 Å². The normalized spacial score (nSPS) is 17.0. The Morgan fingerprint density at radius 3 is 2.58 bits per heavy atom. The third kappa shape index (κ3) is 7.52. The smallest absolute Gasteiger partial charge is 0.305 e. The Kier molecular flexibility index (Phi) is 10.1. The summed E-state index contributed by atoms with van der Waals surface area (Å²) in [6.45, 7) is 4.58. The van der Waals surface area contributed by atoms with E-state index < -0.39 is 6.10 Å². The zero-order valence-electron chi connectivity index (χ0n) is 27.7. The van der Waals surface area contributed by atoms with E-state index in [1.54, 1.807) is 18.2 Å². The van der Waals surface area contributed by atoms with Crippen molar-refractivity contribution in [3.8, 4) is 16.9 Å². The van der Waals surface area contributed by atoms with Crippen LogP contribution in [0, 0.1) is 5.82 Å². The van der Waals surface area contributed by atoms with E-state index in [4.69, 9.17) is 4.74 Å². The van der Waals surface area contributed by atoms with E-state index in [1.165, 1.54) is 6.07 Å². The number of phenols is 1. The molecule has 1 spiro atoms. The predicted octanol–water partition coefficient (Wildman–Crippen LogP) is 5.47. The first-order chi connectivity index (χ1) is 24.3. The molecule has 2 fully saturated rings. The Hall–Kier alpha value is -4.39. The Morgan fingerprint density at radius 2 is 1.76 bits per heavy atom. The van der Waals surface area contributed by atoms with Crippen LogP contribution < -0.4 is 10.2 Å². The van der Waals surface area contributed by atoms with Crippen LogP contribution in [0.1, 0.15) is 46.0 Å². The summed E-state index contributed by atoms with van der Waals surface area (Å²) in [6.07, 6.45) is 1.28. The van der Waals surface area contributed by atoms with Crippen LogP contribution in [0.3, 0.4) is 0 Å². The number of benzene rings is 4. The molecular formula is C39H41FN4O5S. The molecule has 7 rings (SSSR count). The van der Waals surface area contributed by atoms with Crippen LogP contribution in [0.25, 0.3) is 21.3 Å². The van der Waals surface area contributed by atoms with Gasteiger partial charge in [-0.15, -0.1) is 0 Å². The lowest BCUT2D eigenvalue weighted by Crippen LogP contribution is -2.58. The van der Waals surface area contributed by atoms with Crippen molar-refractivity contribution < 1.29 is 24.1 Å². The lowest BCUT2D eigenvalue weighted by molar-refractivity contribution is -0.127. The van der Waals surface area contributed by atoms with Gasteiger partial charge >= 0.3 is 4.87 Å². The highest BCUT2D eigenvalue weighted by Gasteiger charge is 2.41. The van der Waals surface area contributed by atoms with Gasteiger partial charge in [0.2, 0.25) is 0 Å². The Morgan fingerprint density at radius 1 is 1.00 bits per heavy atom. The van der Waals surface area contributed by atoms with Crippen molar-refractivity contribution in [3.05, 3.63) is 123 Å². The molecule has 4 N–H and O–H groups in total. The number of nitrogens with zero attached hydrogens (tertiary/aromatic N) is 2. The van der Waals surface area contributed by atoms with Crippen LogP contribution in [0.5, 0.6) is 5.75 Å². The van der Waals surface area contributed by atoms with Gasteiger partial charge in [-0.1, -0.05) is 72.0 Å². The molecule has 2 saturated heterocycles. The highest BCUT2D eigenvalue weighted by molar-refractivity contribution is 7.16. The summed E-state index contributed by atoms with van der Waals surface area (Å²) < 4.78 is 21.6. The number of carbonyl (C=O) groups excluding carboxylic acids is 1. The number of aliphatic hydroxyl groups is 1. The second-order valence-electron chi connectivity index (χ2n) is 13.3. The summed E-state index contributed by atoms with van der Waals surface area (Å²) in [6, 6.07) is 26.1. The first-order valence-electron chi connectivity index (χ1n) is 17.1. The molecule has 11 heteroatoms. The molecule has 1 aromatic heterocycles. The molecule has 4 aromatic carbocycles. The number of H-pyrrole nitrogens is 1. The summed E-state index contributed by atoms with van der Waals surface area (Å²) in [7, 11) is 0. The van der Waals surface area contributed by atoms with Crippen LogP contribution in [0.4, 0.5) is 4.39 Å². The average molecular weight is 697 g/mol. The molecule has 2 aliphatic rings. The van der Waals surface area contributed by atoms with Gasteiger partial charge in [0.25, 0.3) is 5.91 Å². The van der Waals surface area contributed by atoms with E-state index in [9.17, 15) is 24.2 Å². The maximum atomic E-state index is 14.7. The summed E-state index contributed by atoms with van der Waals surface area (Å²) in [5.74, 6) is -0.279. The number of phenolic OH excluding ortho intramolecular Hbond substituents is 1. The number of amides is 1. The number of likely N-dealkylation sites (tertiary alicyclic amines) is 1. The van der Waals surface area contributed by atoms with Crippen LogP contribution in [0.2, 0.25) is 0 Å². The van der Waals surface area contributed by atoms with Crippen molar-refractivity contribution in [2.75, 3.05) is 45.9 Å². The molecule has 0 unspecified atom stereocenters. The van der Waals surface area contributed by atoms with Crippen molar-refractivity contribution in [1.29, 1.82) is 0 Å². The third-order valence-corrected chi connectivity index (χ3v) is 10.8. The van der Waals surface area contributed by atoms with Crippen molar-refractivity contribution >= 4 is 27.5 Å². The number of aliphatic hydroxyl groups excluding tert-OH is 1. The lowest BCUT2D eigenvalue weighted by Gasteiger charge is -2.47. The van der Waals surface area contributed by atoms with Gasteiger partial charge in [-0.25, -0.2) is 4.39 Å². The van der Waals surface area contributed by atoms with E-state index in [2.05, 4.69) is 15.2 Å².